The van der Waals surface area contributed by atoms with E-state index in [1.54, 1.807) is 11.3 Å². The number of aryl methyl sites for hydroxylation is 1. The smallest absolute Gasteiger partial charge is 0.123 e. The van der Waals surface area contributed by atoms with Gasteiger partial charge in [0.15, 0.2) is 0 Å². The molecule has 0 atom stereocenters. The fourth-order valence-electron chi connectivity index (χ4n) is 1.40. The van der Waals surface area contributed by atoms with Crippen molar-refractivity contribution in [3.05, 3.63) is 40.9 Å². The standard InChI is InChI=1S/C13H16N2S/c1-9-4-6-10(7-5-9)12-15-8-11(16-12)13(2,3)14/h4-8H,14H2,1-3H3. The molecule has 0 aliphatic carbocycles. The zero-order chi connectivity index (χ0) is 11.8. The topological polar surface area (TPSA) is 38.9 Å². The molecule has 0 aliphatic heterocycles. The van der Waals surface area contributed by atoms with Crippen LogP contribution in [0.25, 0.3) is 10.6 Å². The Morgan fingerprint density at radius 2 is 1.81 bits per heavy atom. The SMILES string of the molecule is Cc1ccc(-c2ncc(C(C)(C)N)s2)cc1. The van der Waals surface area contributed by atoms with Crippen LogP contribution < -0.4 is 5.73 Å². The molecule has 3 heteroatoms. The predicted molar refractivity (Wildman–Crippen MR) is 69.5 cm³/mol. The number of hydrogen-bond acceptors (Lipinski definition) is 3. The molecule has 0 radical (unpaired) electrons. The first kappa shape index (κ1) is 11.3. The average Bonchev–Trinajstić information content (AvgIpc) is 2.67. The van der Waals surface area contributed by atoms with Crippen molar-refractivity contribution in [2.24, 2.45) is 5.73 Å². The summed E-state index contributed by atoms with van der Waals surface area (Å²) < 4.78 is 0. The maximum atomic E-state index is 6.04. The molecule has 2 nitrogen and oxygen atoms in total. The fraction of sp³-hybridized carbons (Fsp3) is 0.308. The third-order valence-electron chi connectivity index (χ3n) is 2.44. The lowest BCUT2D eigenvalue weighted by Crippen LogP contribution is -2.27. The van der Waals surface area contributed by atoms with Crippen LogP contribution in [0.3, 0.4) is 0 Å². The van der Waals surface area contributed by atoms with Gasteiger partial charge in [0.2, 0.25) is 0 Å². The van der Waals surface area contributed by atoms with Crippen molar-refractivity contribution in [1.29, 1.82) is 0 Å². The molecule has 0 fully saturated rings. The molecule has 16 heavy (non-hydrogen) atoms. The van der Waals surface area contributed by atoms with Crippen molar-refractivity contribution in [3.63, 3.8) is 0 Å². The summed E-state index contributed by atoms with van der Waals surface area (Å²) in [7, 11) is 0. The number of benzene rings is 1. The van der Waals surface area contributed by atoms with Crippen molar-refractivity contribution in [1.82, 2.24) is 4.98 Å². The molecule has 0 amide bonds. The first-order valence-corrected chi connectivity index (χ1v) is 6.11. The van der Waals surface area contributed by atoms with Crippen LogP contribution in [-0.4, -0.2) is 4.98 Å². The summed E-state index contributed by atoms with van der Waals surface area (Å²) in [5.41, 5.74) is 8.16. The molecule has 0 aliphatic rings. The van der Waals surface area contributed by atoms with E-state index in [1.807, 2.05) is 20.0 Å². The molecule has 0 bridgehead atoms. The van der Waals surface area contributed by atoms with Crippen LogP contribution in [0.5, 0.6) is 0 Å². The van der Waals surface area contributed by atoms with Gasteiger partial charge in [-0.1, -0.05) is 29.8 Å². The largest absolute Gasteiger partial charge is 0.321 e. The Morgan fingerprint density at radius 1 is 1.19 bits per heavy atom. The summed E-state index contributed by atoms with van der Waals surface area (Å²) in [5, 5.41) is 1.04. The summed E-state index contributed by atoms with van der Waals surface area (Å²) >= 11 is 1.66. The quantitative estimate of drug-likeness (QED) is 0.862. The van der Waals surface area contributed by atoms with Crippen LogP contribution in [0.15, 0.2) is 30.5 Å². The summed E-state index contributed by atoms with van der Waals surface area (Å²) in [4.78, 5) is 5.54. The van der Waals surface area contributed by atoms with Crippen LogP contribution in [-0.2, 0) is 5.54 Å². The maximum absolute atomic E-state index is 6.04. The van der Waals surface area contributed by atoms with Crippen LogP contribution in [0.2, 0.25) is 0 Å². The second-order valence-electron chi connectivity index (χ2n) is 4.62. The molecule has 0 spiro atoms. The lowest BCUT2D eigenvalue weighted by Gasteiger charge is -2.14. The van der Waals surface area contributed by atoms with E-state index in [1.165, 1.54) is 5.56 Å². The molecule has 2 aromatic rings. The van der Waals surface area contributed by atoms with Crippen molar-refractivity contribution in [2.45, 2.75) is 26.3 Å². The van der Waals surface area contributed by atoms with Gasteiger partial charge in [-0.3, -0.25) is 0 Å². The van der Waals surface area contributed by atoms with Gasteiger partial charge in [0, 0.05) is 22.2 Å². The lowest BCUT2D eigenvalue weighted by atomic mass is 10.1. The van der Waals surface area contributed by atoms with Crippen molar-refractivity contribution >= 4 is 11.3 Å². The zero-order valence-corrected chi connectivity index (χ0v) is 10.6. The maximum Gasteiger partial charge on any atom is 0.123 e. The molecule has 0 saturated carbocycles. The number of hydrogen-bond donors (Lipinski definition) is 1. The summed E-state index contributed by atoms with van der Waals surface area (Å²) in [5.74, 6) is 0. The summed E-state index contributed by atoms with van der Waals surface area (Å²) in [6.07, 6.45) is 1.87. The van der Waals surface area contributed by atoms with Gasteiger partial charge in [-0.05, 0) is 20.8 Å². The molecule has 0 unspecified atom stereocenters. The van der Waals surface area contributed by atoms with E-state index < -0.39 is 0 Å². The van der Waals surface area contributed by atoms with Crippen LogP contribution in [0.4, 0.5) is 0 Å². The van der Waals surface area contributed by atoms with E-state index in [9.17, 15) is 0 Å². The minimum atomic E-state index is -0.305. The monoisotopic (exact) mass is 232 g/mol. The van der Waals surface area contributed by atoms with E-state index in [0.29, 0.717) is 0 Å². The number of nitrogens with two attached hydrogens (primary N) is 1. The van der Waals surface area contributed by atoms with Crippen molar-refractivity contribution in [3.8, 4) is 10.6 Å². The second-order valence-corrected chi connectivity index (χ2v) is 5.65. The Morgan fingerprint density at radius 3 is 2.31 bits per heavy atom. The molecular weight excluding hydrogens is 216 g/mol. The highest BCUT2D eigenvalue weighted by Crippen LogP contribution is 2.30. The molecule has 2 N–H and O–H groups in total. The van der Waals surface area contributed by atoms with E-state index in [4.69, 9.17) is 5.73 Å². The number of nitrogens with zero attached hydrogens (tertiary/aromatic N) is 1. The van der Waals surface area contributed by atoms with Gasteiger partial charge in [-0.15, -0.1) is 11.3 Å². The first-order chi connectivity index (χ1) is 7.47. The molecule has 84 valence electrons. The minimum absolute atomic E-state index is 0.305. The van der Waals surface area contributed by atoms with Crippen LogP contribution in [0.1, 0.15) is 24.3 Å². The van der Waals surface area contributed by atoms with Gasteiger partial charge >= 0.3 is 0 Å². The van der Waals surface area contributed by atoms with Gasteiger partial charge in [-0.25, -0.2) is 4.98 Å². The van der Waals surface area contributed by atoms with E-state index in [-0.39, 0.29) is 5.54 Å². The molecular formula is C13H16N2S. The third kappa shape index (κ3) is 2.31. The first-order valence-electron chi connectivity index (χ1n) is 5.29. The average molecular weight is 232 g/mol. The van der Waals surface area contributed by atoms with Gasteiger partial charge in [0.1, 0.15) is 5.01 Å². The predicted octanol–water partition coefficient (Wildman–Crippen LogP) is 3.31. The van der Waals surface area contributed by atoms with Gasteiger partial charge < -0.3 is 5.73 Å². The molecule has 1 heterocycles. The molecule has 1 aromatic heterocycles. The van der Waals surface area contributed by atoms with Crippen LogP contribution in [0, 0.1) is 6.92 Å². The number of aromatic nitrogens is 1. The summed E-state index contributed by atoms with van der Waals surface area (Å²) in [6.45, 7) is 6.08. The Hall–Kier alpha value is -1.19. The third-order valence-corrected chi connectivity index (χ3v) is 3.83. The Balaban J connectivity index is 2.35. The highest BCUT2D eigenvalue weighted by Gasteiger charge is 2.17. The second kappa shape index (κ2) is 4.00. The van der Waals surface area contributed by atoms with E-state index in [2.05, 4.69) is 36.2 Å². The summed E-state index contributed by atoms with van der Waals surface area (Å²) in [6, 6.07) is 8.40. The van der Waals surface area contributed by atoms with E-state index >= 15 is 0 Å². The highest BCUT2D eigenvalue weighted by molar-refractivity contribution is 7.15. The lowest BCUT2D eigenvalue weighted by molar-refractivity contribution is 0.566. The van der Waals surface area contributed by atoms with Crippen molar-refractivity contribution in [2.75, 3.05) is 0 Å². The van der Waals surface area contributed by atoms with Gasteiger partial charge in [-0.2, -0.15) is 0 Å². The van der Waals surface area contributed by atoms with E-state index in [0.717, 1.165) is 15.4 Å². The van der Waals surface area contributed by atoms with Crippen molar-refractivity contribution < 1.29 is 0 Å². The number of thiazole rings is 1. The minimum Gasteiger partial charge on any atom is -0.321 e. The number of rotatable bonds is 2. The van der Waals surface area contributed by atoms with Crippen LogP contribution >= 0.6 is 11.3 Å². The van der Waals surface area contributed by atoms with Gasteiger partial charge in [0.05, 0.1) is 0 Å². The Bertz CT molecular complexity index is 477. The fourth-order valence-corrected chi connectivity index (χ4v) is 2.34. The van der Waals surface area contributed by atoms with Gasteiger partial charge in [0.25, 0.3) is 0 Å². The Kier molecular flexibility index (Phi) is 2.82. The highest BCUT2D eigenvalue weighted by atomic mass is 32.1. The molecule has 2 rings (SSSR count). The zero-order valence-electron chi connectivity index (χ0n) is 9.82. The normalized spacial score (nSPS) is 11.8. The molecule has 0 saturated heterocycles. The molecule has 1 aromatic carbocycles. The Labute approximate surface area is 100 Å².